The number of piperidine rings is 1. The highest BCUT2D eigenvalue weighted by Gasteiger charge is 2.37. The van der Waals surface area contributed by atoms with Crippen molar-refractivity contribution in [2.24, 2.45) is 5.41 Å². The molecule has 8 heteroatoms. The second-order valence-corrected chi connectivity index (χ2v) is 15.1. The number of nitrogens with zero attached hydrogens (tertiary/aromatic N) is 3. The lowest BCUT2D eigenvalue weighted by molar-refractivity contribution is -0.166. The normalized spacial score (nSPS) is 15.5. The van der Waals surface area contributed by atoms with Crippen molar-refractivity contribution in [1.82, 2.24) is 9.97 Å². The summed E-state index contributed by atoms with van der Waals surface area (Å²) in [5.41, 5.74) is 7.25. The lowest BCUT2D eigenvalue weighted by atomic mass is 9.81. The van der Waals surface area contributed by atoms with Crippen molar-refractivity contribution in [3.05, 3.63) is 87.9 Å². The zero-order valence-electron chi connectivity index (χ0n) is 28.4. The number of thiazole rings is 1. The molecule has 0 amide bonds. The Balaban J connectivity index is 1.57. The van der Waals surface area contributed by atoms with Crippen LogP contribution >= 0.6 is 11.3 Å². The highest BCUT2D eigenvalue weighted by atomic mass is 32.1. The Morgan fingerprint density at radius 3 is 2.24 bits per heavy atom. The molecule has 5 rings (SSSR count). The van der Waals surface area contributed by atoms with Crippen LogP contribution < -0.4 is 4.90 Å². The number of hydrogen-bond donors (Lipinski definition) is 0. The van der Waals surface area contributed by atoms with E-state index in [0.29, 0.717) is 6.42 Å². The number of ether oxygens (including phenoxy) is 2. The van der Waals surface area contributed by atoms with Gasteiger partial charge in [0.1, 0.15) is 10.8 Å². The largest absolute Gasteiger partial charge is 0.464 e. The lowest BCUT2D eigenvalue weighted by Gasteiger charge is -2.41. The lowest BCUT2D eigenvalue weighted by Crippen LogP contribution is -2.39. The quantitative estimate of drug-likeness (QED) is 0.169. The molecule has 0 saturated carbocycles. The molecule has 1 aliphatic rings. The van der Waals surface area contributed by atoms with Crippen molar-refractivity contribution in [2.75, 3.05) is 24.6 Å². The molecule has 0 aliphatic carbocycles. The molecule has 0 spiro atoms. The van der Waals surface area contributed by atoms with Crippen LogP contribution in [0.4, 0.5) is 10.1 Å². The van der Waals surface area contributed by atoms with E-state index in [1.54, 1.807) is 11.3 Å². The first-order valence-corrected chi connectivity index (χ1v) is 17.0. The Morgan fingerprint density at radius 1 is 1.00 bits per heavy atom. The number of aryl methyl sites for hydroxylation is 2. The SMILES string of the molecule is CCOC(=O)[C@@H](OC(C)(C)C)c1c(C)nc(C)c(-c2ccc(-c3ncc(Cc4ccc(F)cc4)s3)cc2)c1N1CCC(C)(C)CC1. The molecule has 1 fully saturated rings. The predicted octanol–water partition coefficient (Wildman–Crippen LogP) is 9.26. The maximum atomic E-state index is 13.6. The summed E-state index contributed by atoms with van der Waals surface area (Å²) in [4.78, 5) is 26.8. The second-order valence-electron chi connectivity index (χ2n) is 13.9. The summed E-state index contributed by atoms with van der Waals surface area (Å²) < 4.78 is 25.4. The van der Waals surface area contributed by atoms with Crippen molar-refractivity contribution >= 4 is 23.0 Å². The predicted molar refractivity (Wildman–Crippen MR) is 185 cm³/mol. The van der Waals surface area contributed by atoms with E-state index in [9.17, 15) is 9.18 Å². The minimum absolute atomic E-state index is 0.231. The Bertz CT molecular complexity index is 1660. The molecule has 1 aliphatic heterocycles. The van der Waals surface area contributed by atoms with Crippen molar-refractivity contribution in [3.8, 4) is 21.7 Å². The number of esters is 1. The summed E-state index contributed by atoms with van der Waals surface area (Å²) in [5, 5.41) is 0.933. The number of halogens is 1. The van der Waals surface area contributed by atoms with Crippen molar-refractivity contribution in [1.29, 1.82) is 0 Å². The zero-order valence-corrected chi connectivity index (χ0v) is 29.2. The van der Waals surface area contributed by atoms with Crippen LogP contribution in [0.15, 0.2) is 54.7 Å². The number of benzene rings is 2. The number of pyridine rings is 1. The first kappa shape index (κ1) is 33.7. The van der Waals surface area contributed by atoms with E-state index in [-0.39, 0.29) is 17.8 Å². The summed E-state index contributed by atoms with van der Waals surface area (Å²) in [5.74, 6) is -0.628. The number of carbonyl (C=O) groups is 1. The van der Waals surface area contributed by atoms with Crippen LogP contribution in [-0.4, -0.2) is 41.2 Å². The highest BCUT2D eigenvalue weighted by Crippen LogP contribution is 2.45. The standard InChI is InChI=1S/C38H46FN3O3S/c1-9-44-36(43)34(45-37(4,5)6)32-25(3)41-24(2)31(33(32)42-20-18-38(7,8)19-21-42)27-12-14-28(15-13-27)35-40-23-30(46-35)22-26-10-16-29(39)17-11-26/h10-17,23,34H,9,18-22H2,1-8H3/t34-/m0/s1. The van der Waals surface area contributed by atoms with Crippen LogP contribution in [0.25, 0.3) is 21.7 Å². The third-order valence-corrected chi connectivity index (χ3v) is 9.56. The van der Waals surface area contributed by atoms with Crippen LogP contribution in [0.2, 0.25) is 0 Å². The highest BCUT2D eigenvalue weighted by molar-refractivity contribution is 7.15. The maximum absolute atomic E-state index is 13.6. The van der Waals surface area contributed by atoms with E-state index in [2.05, 4.69) is 43.0 Å². The molecule has 46 heavy (non-hydrogen) atoms. The van der Waals surface area contributed by atoms with E-state index < -0.39 is 17.7 Å². The molecule has 2 aromatic heterocycles. The first-order valence-electron chi connectivity index (χ1n) is 16.1. The Labute approximate surface area is 277 Å². The zero-order chi connectivity index (χ0) is 33.2. The van der Waals surface area contributed by atoms with E-state index in [0.717, 1.165) is 80.7 Å². The molecule has 6 nitrogen and oxygen atoms in total. The molecule has 0 unspecified atom stereocenters. The molecule has 0 bridgehead atoms. The van der Waals surface area contributed by atoms with Gasteiger partial charge in [0.25, 0.3) is 0 Å². The van der Waals surface area contributed by atoms with Gasteiger partial charge in [0.2, 0.25) is 0 Å². The minimum Gasteiger partial charge on any atom is -0.464 e. The van der Waals surface area contributed by atoms with Crippen molar-refractivity contribution in [3.63, 3.8) is 0 Å². The molecule has 1 atom stereocenters. The molecule has 244 valence electrons. The van der Waals surface area contributed by atoms with Gasteiger partial charge in [-0.2, -0.15) is 0 Å². The number of rotatable bonds is 9. The van der Waals surface area contributed by atoms with Gasteiger partial charge in [-0.3, -0.25) is 4.98 Å². The summed E-state index contributed by atoms with van der Waals surface area (Å²) in [7, 11) is 0. The Hall–Kier alpha value is -3.62. The average molecular weight is 644 g/mol. The molecule has 0 N–H and O–H groups in total. The summed E-state index contributed by atoms with van der Waals surface area (Å²) in [6.07, 6.45) is 3.78. The van der Waals surface area contributed by atoms with Gasteiger partial charge in [-0.15, -0.1) is 11.3 Å². The van der Waals surface area contributed by atoms with Gasteiger partial charge in [0.15, 0.2) is 6.10 Å². The third kappa shape index (κ3) is 7.84. The smallest absolute Gasteiger partial charge is 0.340 e. The van der Waals surface area contributed by atoms with Crippen molar-refractivity contribution in [2.45, 2.75) is 86.4 Å². The molecule has 2 aromatic carbocycles. The van der Waals surface area contributed by atoms with Gasteiger partial charge in [-0.05, 0) is 83.1 Å². The van der Waals surface area contributed by atoms with E-state index in [4.69, 9.17) is 19.4 Å². The van der Waals surface area contributed by atoms with Gasteiger partial charge in [0.05, 0.1) is 17.9 Å². The van der Waals surface area contributed by atoms with Gasteiger partial charge >= 0.3 is 5.97 Å². The van der Waals surface area contributed by atoms with Gasteiger partial charge in [-0.25, -0.2) is 14.2 Å². The fraction of sp³-hybridized carbons (Fsp3) is 0.447. The first-order chi connectivity index (χ1) is 21.7. The summed E-state index contributed by atoms with van der Waals surface area (Å²) in [6, 6.07) is 15.1. The van der Waals surface area contributed by atoms with E-state index >= 15 is 0 Å². The van der Waals surface area contributed by atoms with Crippen LogP contribution in [-0.2, 0) is 20.7 Å². The topological polar surface area (TPSA) is 64.5 Å². The summed E-state index contributed by atoms with van der Waals surface area (Å²) >= 11 is 1.64. The monoisotopic (exact) mass is 643 g/mol. The number of carbonyl (C=O) groups excluding carboxylic acids is 1. The molecule has 0 radical (unpaired) electrons. The van der Waals surface area contributed by atoms with Crippen LogP contribution in [0, 0.1) is 25.1 Å². The summed E-state index contributed by atoms with van der Waals surface area (Å²) in [6.45, 7) is 18.4. The van der Waals surface area contributed by atoms with E-state index in [1.165, 1.54) is 12.1 Å². The Morgan fingerprint density at radius 2 is 1.63 bits per heavy atom. The molecule has 3 heterocycles. The molecular formula is C38H46FN3O3S. The van der Waals surface area contributed by atoms with Crippen LogP contribution in [0.1, 0.15) is 87.9 Å². The Kier molecular flexibility index (Phi) is 9.99. The van der Waals surface area contributed by atoms with E-state index in [1.807, 2.05) is 59.9 Å². The molecule has 1 saturated heterocycles. The fourth-order valence-electron chi connectivity index (χ4n) is 6.07. The third-order valence-electron chi connectivity index (χ3n) is 8.51. The number of aromatic nitrogens is 2. The number of hydrogen-bond acceptors (Lipinski definition) is 7. The molecular weight excluding hydrogens is 598 g/mol. The molecule has 4 aromatic rings. The maximum Gasteiger partial charge on any atom is 0.340 e. The second kappa shape index (κ2) is 13.6. The van der Waals surface area contributed by atoms with Crippen molar-refractivity contribution < 1.29 is 18.7 Å². The fourth-order valence-corrected chi connectivity index (χ4v) is 7.02. The van der Waals surface area contributed by atoms with Gasteiger partial charge in [-0.1, -0.05) is 50.2 Å². The average Bonchev–Trinajstić information content (AvgIpc) is 3.45. The number of anilines is 1. The van der Waals surface area contributed by atoms with Crippen LogP contribution in [0.5, 0.6) is 0 Å². The minimum atomic E-state index is -0.911. The van der Waals surface area contributed by atoms with Crippen LogP contribution in [0.3, 0.4) is 0 Å². The van der Waals surface area contributed by atoms with Gasteiger partial charge < -0.3 is 14.4 Å². The van der Waals surface area contributed by atoms with Gasteiger partial charge in [0, 0.05) is 58.7 Å².